The van der Waals surface area contributed by atoms with E-state index in [1.54, 1.807) is 11.3 Å². The lowest BCUT2D eigenvalue weighted by molar-refractivity contribution is 0.959. The first-order valence-electron chi connectivity index (χ1n) is 5.71. The smallest absolute Gasteiger partial charge is 0.0516 e. The maximum Gasteiger partial charge on any atom is 0.0516 e. The summed E-state index contributed by atoms with van der Waals surface area (Å²) in [5.74, 6) is 1.03. The minimum Gasteiger partial charge on any atom is -0.329 e. The predicted molar refractivity (Wildman–Crippen MR) is 78.6 cm³/mol. The summed E-state index contributed by atoms with van der Waals surface area (Å²) in [6, 6.07) is 12.8. The van der Waals surface area contributed by atoms with Gasteiger partial charge in [0, 0.05) is 17.2 Å². The van der Waals surface area contributed by atoms with Crippen LogP contribution >= 0.6 is 23.1 Å². The van der Waals surface area contributed by atoms with E-state index in [1.807, 2.05) is 11.8 Å². The Morgan fingerprint density at radius 3 is 2.71 bits per heavy atom. The molecule has 0 bridgehead atoms. The van der Waals surface area contributed by atoms with Gasteiger partial charge < -0.3 is 5.73 Å². The molecule has 0 saturated heterocycles. The molecule has 0 amide bonds. The standard InChI is InChI=1S/C14H17NS2/c1-11-5-2-3-6-12(11)10-17-14(9-15)13-7-4-8-16-13/h2-8,14H,9-10,15H2,1H3. The number of aryl methyl sites for hydroxylation is 1. The average molecular weight is 263 g/mol. The molecule has 1 aromatic carbocycles. The van der Waals surface area contributed by atoms with Gasteiger partial charge in [-0.15, -0.1) is 23.1 Å². The third-order valence-corrected chi connectivity index (χ3v) is 5.24. The summed E-state index contributed by atoms with van der Waals surface area (Å²) in [6.07, 6.45) is 0. The molecule has 2 rings (SSSR count). The summed E-state index contributed by atoms with van der Waals surface area (Å²) in [5, 5.41) is 2.54. The van der Waals surface area contributed by atoms with E-state index < -0.39 is 0 Å². The molecule has 1 unspecified atom stereocenters. The van der Waals surface area contributed by atoms with Crippen molar-refractivity contribution in [2.75, 3.05) is 6.54 Å². The number of rotatable bonds is 5. The van der Waals surface area contributed by atoms with Crippen molar-refractivity contribution < 1.29 is 0 Å². The third kappa shape index (κ3) is 3.35. The quantitative estimate of drug-likeness (QED) is 0.882. The van der Waals surface area contributed by atoms with Crippen molar-refractivity contribution in [1.29, 1.82) is 0 Å². The number of benzene rings is 1. The molecule has 0 aliphatic rings. The Bertz CT molecular complexity index is 451. The number of hydrogen-bond donors (Lipinski definition) is 1. The molecular formula is C14H17NS2. The monoisotopic (exact) mass is 263 g/mol. The van der Waals surface area contributed by atoms with Crippen LogP contribution in [0.4, 0.5) is 0 Å². The Balaban J connectivity index is 2.00. The Hall–Kier alpha value is -0.770. The van der Waals surface area contributed by atoms with Gasteiger partial charge in [-0.1, -0.05) is 30.3 Å². The molecule has 1 nitrogen and oxygen atoms in total. The lowest BCUT2D eigenvalue weighted by Gasteiger charge is -2.13. The molecule has 1 atom stereocenters. The molecule has 0 aliphatic carbocycles. The summed E-state index contributed by atoms with van der Waals surface area (Å²) in [5.41, 5.74) is 8.62. The fourth-order valence-electron chi connectivity index (χ4n) is 1.70. The summed E-state index contributed by atoms with van der Waals surface area (Å²) < 4.78 is 0. The summed E-state index contributed by atoms with van der Waals surface area (Å²) in [4.78, 5) is 1.38. The van der Waals surface area contributed by atoms with E-state index in [1.165, 1.54) is 16.0 Å². The highest BCUT2D eigenvalue weighted by molar-refractivity contribution is 7.98. The van der Waals surface area contributed by atoms with Crippen molar-refractivity contribution >= 4 is 23.1 Å². The minimum absolute atomic E-state index is 0.426. The fourth-order valence-corrected chi connectivity index (χ4v) is 3.88. The Kier molecular flexibility index (Phi) is 4.66. The first-order chi connectivity index (χ1) is 8.31. The van der Waals surface area contributed by atoms with Gasteiger partial charge >= 0.3 is 0 Å². The summed E-state index contributed by atoms with van der Waals surface area (Å²) in [7, 11) is 0. The van der Waals surface area contributed by atoms with Crippen LogP contribution in [0, 0.1) is 6.92 Å². The van der Waals surface area contributed by atoms with Gasteiger partial charge in [-0.25, -0.2) is 0 Å². The minimum atomic E-state index is 0.426. The van der Waals surface area contributed by atoms with Gasteiger partial charge in [-0.05, 0) is 29.5 Å². The highest BCUT2D eigenvalue weighted by Crippen LogP contribution is 2.33. The molecule has 0 fully saturated rings. The van der Waals surface area contributed by atoms with Gasteiger partial charge in [0.15, 0.2) is 0 Å². The van der Waals surface area contributed by atoms with Gasteiger partial charge in [0.2, 0.25) is 0 Å². The van der Waals surface area contributed by atoms with E-state index in [4.69, 9.17) is 5.73 Å². The molecule has 2 aromatic rings. The predicted octanol–water partition coefficient (Wildman–Crippen LogP) is 3.99. The van der Waals surface area contributed by atoms with Crippen LogP contribution in [0.1, 0.15) is 21.3 Å². The fraction of sp³-hybridized carbons (Fsp3) is 0.286. The zero-order valence-corrected chi connectivity index (χ0v) is 11.6. The molecule has 3 heteroatoms. The van der Waals surface area contributed by atoms with E-state index >= 15 is 0 Å². The van der Waals surface area contributed by atoms with E-state index in [0.29, 0.717) is 11.8 Å². The van der Waals surface area contributed by atoms with E-state index in [-0.39, 0.29) is 0 Å². The Morgan fingerprint density at radius 1 is 1.24 bits per heavy atom. The molecule has 2 N–H and O–H groups in total. The van der Waals surface area contributed by atoms with Crippen LogP contribution < -0.4 is 5.73 Å². The zero-order valence-electron chi connectivity index (χ0n) is 9.93. The maximum absolute atomic E-state index is 5.85. The number of thiophene rings is 1. The van der Waals surface area contributed by atoms with Crippen LogP contribution in [-0.4, -0.2) is 6.54 Å². The summed E-state index contributed by atoms with van der Waals surface area (Å²) in [6.45, 7) is 2.87. The van der Waals surface area contributed by atoms with Crippen molar-refractivity contribution in [1.82, 2.24) is 0 Å². The molecule has 0 radical (unpaired) electrons. The summed E-state index contributed by atoms with van der Waals surface area (Å²) >= 11 is 3.73. The van der Waals surface area contributed by atoms with Crippen LogP contribution in [0.5, 0.6) is 0 Å². The highest BCUT2D eigenvalue weighted by atomic mass is 32.2. The SMILES string of the molecule is Cc1ccccc1CSC(CN)c1cccs1. The number of thioether (sulfide) groups is 1. The lowest BCUT2D eigenvalue weighted by Crippen LogP contribution is -2.08. The first kappa shape index (κ1) is 12.7. The maximum atomic E-state index is 5.85. The number of hydrogen-bond acceptors (Lipinski definition) is 3. The molecule has 1 aromatic heterocycles. The largest absolute Gasteiger partial charge is 0.329 e. The highest BCUT2D eigenvalue weighted by Gasteiger charge is 2.11. The molecule has 1 heterocycles. The second kappa shape index (κ2) is 6.24. The molecular weight excluding hydrogens is 246 g/mol. The third-order valence-electron chi connectivity index (χ3n) is 2.78. The van der Waals surface area contributed by atoms with Crippen LogP contribution in [0.3, 0.4) is 0 Å². The second-order valence-electron chi connectivity index (χ2n) is 3.98. The van der Waals surface area contributed by atoms with E-state index in [0.717, 1.165) is 5.75 Å². The molecule has 90 valence electrons. The average Bonchev–Trinajstić information content (AvgIpc) is 2.86. The molecule has 0 saturated carbocycles. The first-order valence-corrected chi connectivity index (χ1v) is 7.63. The van der Waals surface area contributed by atoms with Crippen molar-refractivity contribution in [3.05, 3.63) is 57.8 Å². The van der Waals surface area contributed by atoms with Crippen molar-refractivity contribution in [3.8, 4) is 0 Å². The van der Waals surface area contributed by atoms with Crippen molar-refractivity contribution in [2.45, 2.75) is 17.9 Å². The van der Waals surface area contributed by atoms with Crippen LogP contribution in [0.25, 0.3) is 0 Å². The van der Waals surface area contributed by atoms with Gasteiger partial charge in [-0.2, -0.15) is 0 Å². The van der Waals surface area contributed by atoms with E-state index in [9.17, 15) is 0 Å². The molecule has 0 aliphatic heterocycles. The van der Waals surface area contributed by atoms with Gasteiger partial charge in [-0.3, -0.25) is 0 Å². The second-order valence-corrected chi connectivity index (χ2v) is 6.15. The topological polar surface area (TPSA) is 26.0 Å². The van der Waals surface area contributed by atoms with Crippen molar-refractivity contribution in [3.63, 3.8) is 0 Å². The number of nitrogens with two attached hydrogens (primary N) is 1. The van der Waals surface area contributed by atoms with Gasteiger partial charge in [0.05, 0.1) is 5.25 Å². The van der Waals surface area contributed by atoms with Gasteiger partial charge in [0.1, 0.15) is 0 Å². The van der Waals surface area contributed by atoms with E-state index in [2.05, 4.69) is 48.7 Å². The molecule has 17 heavy (non-hydrogen) atoms. The Morgan fingerprint density at radius 2 is 2.06 bits per heavy atom. The molecule has 0 spiro atoms. The normalized spacial score (nSPS) is 12.6. The zero-order chi connectivity index (χ0) is 12.1. The van der Waals surface area contributed by atoms with Crippen LogP contribution in [-0.2, 0) is 5.75 Å². The van der Waals surface area contributed by atoms with Crippen molar-refractivity contribution in [2.24, 2.45) is 5.73 Å². The van der Waals surface area contributed by atoms with Gasteiger partial charge in [0.25, 0.3) is 0 Å². The lowest BCUT2D eigenvalue weighted by atomic mass is 10.1. The van der Waals surface area contributed by atoms with Crippen LogP contribution in [0.15, 0.2) is 41.8 Å². The Labute approximate surface area is 111 Å². The van der Waals surface area contributed by atoms with Crippen LogP contribution in [0.2, 0.25) is 0 Å².